The van der Waals surface area contributed by atoms with Gasteiger partial charge in [0.1, 0.15) is 11.4 Å². The third-order valence-corrected chi connectivity index (χ3v) is 2.66. The zero-order valence-corrected chi connectivity index (χ0v) is 10.6. The van der Waals surface area contributed by atoms with E-state index in [4.69, 9.17) is 17.3 Å². The van der Waals surface area contributed by atoms with E-state index >= 15 is 0 Å². The number of nitrogens with zero attached hydrogens (tertiary/aromatic N) is 3. The standard InChI is InChI=1S/C11H11ClFN5O/c12-8-2-1-3-9(11(8)13)18-6-7(16-17-18)5-15-10(19)4-14/h1-3,6H,4-5,14H2,(H,15,19). The Kier molecular flexibility index (Phi) is 4.08. The number of rotatable bonds is 4. The minimum Gasteiger partial charge on any atom is -0.349 e. The molecule has 0 aliphatic heterocycles. The average molecular weight is 284 g/mol. The number of hydrogen-bond acceptors (Lipinski definition) is 4. The van der Waals surface area contributed by atoms with Crippen molar-refractivity contribution in [3.63, 3.8) is 0 Å². The van der Waals surface area contributed by atoms with Crippen LogP contribution in [0.5, 0.6) is 0 Å². The quantitative estimate of drug-likeness (QED) is 0.862. The van der Waals surface area contributed by atoms with Crippen LogP contribution in [0.2, 0.25) is 5.02 Å². The monoisotopic (exact) mass is 283 g/mol. The number of halogens is 2. The maximum absolute atomic E-state index is 13.8. The van der Waals surface area contributed by atoms with Gasteiger partial charge in [-0.15, -0.1) is 5.10 Å². The molecule has 0 spiro atoms. The molecule has 100 valence electrons. The van der Waals surface area contributed by atoms with Crippen LogP contribution in [-0.4, -0.2) is 27.4 Å². The van der Waals surface area contributed by atoms with Gasteiger partial charge in [-0.2, -0.15) is 0 Å². The van der Waals surface area contributed by atoms with Gasteiger partial charge in [0.25, 0.3) is 0 Å². The summed E-state index contributed by atoms with van der Waals surface area (Å²) in [5.41, 5.74) is 5.83. The molecule has 1 heterocycles. The van der Waals surface area contributed by atoms with Crippen molar-refractivity contribution >= 4 is 17.5 Å². The molecule has 6 nitrogen and oxygen atoms in total. The first-order valence-electron chi connectivity index (χ1n) is 5.44. The Balaban J connectivity index is 2.17. The van der Waals surface area contributed by atoms with Crippen molar-refractivity contribution in [3.8, 4) is 5.69 Å². The lowest BCUT2D eigenvalue weighted by atomic mass is 10.3. The van der Waals surface area contributed by atoms with Crippen molar-refractivity contribution in [2.75, 3.05) is 6.54 Å². The van der Waals surface area contributed by atoms with E-state index in [0.717, 1.165) is 0 Å². The minimum absolute atomic E-state index is 0.00554. The fourth-order valence-electron chi connectivity index (χ4n) is 1.43. The molecule has 0 saturated heterocycles. The van der Waals surface area contributed by atoms with Crippen LogP contribution in [0.1, 0.15) is 5.69 Å². The number of aromatic nitrogens is 3. The maximum Gasteiger partial charge on any atom is 0.234 e. The summed E-state index contributed by atoms with van der Waals surface area (Å²) in [6.45, 7) is 0.0786. The highest BCUT2D eigenvalue weighted by Gasteiger charge is 2.10. The summed E-state index contributed by atoms with van der Waals surface area (Å²) in [7, 11) is 0. The predicted octanol–water partition coefficient (Wildman–Crippen LogP) is 0.635. The Hall–Kier alpha value is -1.99. The molecule has 2 rings (SSSR count). The molecule has 0 aliphatic carbocycles. The third kappa shape index (κ3) is 3.07. The van der Waals surface area contributed by atoms with Gasteiger partial charge in [0.2, 0.25) is 5.91 Å². The second-order valence-corrected chi connectivity index (χ2v) is 4.12. The first-order chi connectivity index (χ1) is 9.11. The molecule has 0 fully saturated rings. The highest BCUT2D eigenvalue weighted by molar-refractivity contribution is 6.30. The van der Waals surface area contributed by atoms with Crippen LogP contribution in [0.4, 0.5) is 4.39 Å². The molecule has 1 aromatic heterocycles. The topological polar surface area (TPSA) is 85.8 Å². The summed E-state index contributed by atoms with van der Waals surface area (Å²) in [5, 5.41) is 10.1. The molecule has 0 aliphatic rings. The van der Waals surface area contributed by atoms with Crippen LogP contribution in [-0.2, 0) is 11.3 Å². The summed E-state index contributed by atoms with van der Waals surface area (Å²) in [5.74, 6) is -0.880. The molecule has 0 bridgehead atoms. The minimum atomic E-state index is -0.577. The Morgan fingerprint density at radius 2 is 2.32 bits per heavy atom. The largest absolute Gasteiger partial charge is 0.349 e. The molecule has 19 heavy (non-hydrogen) atoms. The molecule has 3 N–H and O–H groups in total. The summed E-state index contributed by atoms with van der Waals surface area (Å²) < 4.78 is 15.0. The van der Waals surface area contributed by atoms with Gasteiger partial charge in [0.05, 0.1) is 24.3 Å². The van der Waals surface area contributed by atoms with E-state index < -0.39 is 5.82 Å². The fraction of sp³-hybridized carbons (Fsp3) is 0.182. The summed E-state index contributed by atoms with van der Waals surface area (Å²) in [4.78, 5) is 11.0. The molecule has 1 aromatic carbocycles. The van der Waals surface area contributed by atoms with Gasteiger partial charge >= 0.3 is 0 Å². The number of carbonyl (C=O) groups is 1. The van der Waals surface area contributed by atoms with Crippen molar-refractivity contribution in [1.82, 2.24) is 20.3 Å². The number of amides is 1. The molecule has 8 heteroatoms. The van der Waals surface area contributed by atoms with Gasteiger partial charge in [-0.25, -0.2) is 9.07 Å². The van der Waals surface area contributed by atoms with Gasteiger partial charge in [-0.1, -0.05) is 22.9 Å². The number of nitrogens with two attached hydrogens (primary N) is 1. The first kappa shape index (κ1) is 13.4. The van der Waals surface area contributed by atoms with Crippen molar-refractivity contribution in [3.05, 3.63) is 40.9 Å². The average Bonchev–Trinajstić information content (AvgIpc) is 2.87. The second kappa shape index (κ2) is 5.77. The van der Waals surface area contributed by atoms with Gasteiger partial charge in [0, 0.05) is 0 Å². The lowest BCUT2D eigenvalue weighted by Crippen LogP contribution is -2.29. The van der Waals surface area contributed by atoms with E-state index in [0.29, 0.717) is 5.69 Å². The summed E-state index contributed by atoms with van der Waals surface area (Å²) in [6.07, 6.45) is 1.51. The molecule has 0 saturated carbocycles. The smallest absolute Gasteiger partial charge is 0.234 e. The van der Waals surface area contributed by atoms with Crippen LogP contribution >= 0.6 is 11.6 Å². The summed E-state index contributed by atoms with van der Waals surface area (Å²) in [6, 6.07) is 4.58. The van der Waals surface area contributed by atoms with Crippen LogP contribution in [0.3, 0.4) is 0 Å². The van der Waals surface area contributed by atoms with Gasteiger partial charge in [-0.05, 0) is 12.1 Å². The van der Waals surface area contributed by atoms with Crippen LogP contribution < -0.4 is 11.1 Å². The molecular formula is C11H11ClFN5O. The normalized spacial score (nSPS) is 10.5. The molecule has 2 aromatic rings. The van der Waals surface area contributed by atoms with Crippen molar-refractivity contribution in [2.45, 2.75) is 6.54 Å². The van der Waals surface area contributed by atoms with E-state index in [1.807, 2.05) is 0 Å². The zero-order valence-electron chi connectivity index (χ0n) is 9.81. The number of carbonyl (C=O) groups excluding carboxylic acids is 1. The fourth-order valence-corrected chi connectivity index (χ4v) is 1.60. The molecular weight excluding hydrogens is 273 g/mol. The van der Waals surface area contributed by atoms with E-state index in [-0.39, 0.29) is 29.7 Å². The Labute approximate surface area is 113 Å². The number of hydrogen-bond donors (Lipinski definition) is 2. The Morgan fingerprint density at radius 3 is 3.05 bits per heavy atom. The molecule has 0 unspecified atom stereocenters. The highest BCUT2D eigenvalue weighted by Crippen LogP contribution is 2.20. The predicted molar refractivity (Wildman–Crippen MR) is 67.2 cm³/mol. The third-order valence-electron chi connectivity index (χ3n) is 2.37. The van der Waals surface area contributed by atoms with E-state index in [9.17, 15) is 9.18 Å². The van der Waals surface area contributed by atoms with E-state index in [2.05, 4.69) is 15.6 Å². The Morgan fingerprint density at radius 1 is 1.53 bits per heavy atom. The van der Waals surface area contributed by atoms with Crippen molar-refractivity contribution in [1.29, 1.82) is 0 Å². The van der Waals surface area contributed by atoms with E-state index in [1.54, 1.807) is 6.07 Å². The second-order valence-electron chi connectivity index (χ2n) is 3.71. The SMILES string of the molecule is NCC(=O)NCc1cn(-c2cccc(Cl)c2F)nn1. The van der Waals surface area contributed by atoms with Gasteiger partial charge in [-0.3, -0.25) is 4.79 Å². The van der Waals surface area contributed by atoms with Gasteiger partial charge < -0.3 is 11.1 Å². The van der Waals surface area contributed by atoms with Crippen LogP contribution in [0.25, 0.3) is 5.69 Å². The zero-order chi connectivity index (χ0) is 13.8. The number of benzene rings is 1. The van der Waals surface area contributed by atoms with Gasteiger partial charge in [0.15, 0.2) is 5.82 Å². The Bertz CT molecular complexity index is 601. The highest BCUT2D eigenvalue weighted by atomic mass is 35.5. The van der Waals surface area contributed by atoms with Crippen LogP contribution in [0, 0.1) is 5.82 Å². The molecule has 1 amide bonds. The molecule has 0 radical (unpaired) electrons. The lowest BCUT2D eigenvalue weighted by Gasteiger charge is -2.02. The first-order valence-corrected chi connectivity index (χ1v) is 5.82. The lowest BCUT2D eigenvalue weighted by molar-refractivity contribution is -0.119. The van der Waals surface area contributed by atoms with Crippen LogP contribution in [0.15, 0.2) is 24.4 Å². The van der Waals surface area contributed by atoms with Crippen molar-refractivity contribution in [2.24, 2.45) is 5.73 Å². The van der Waals surface area contributed by atoms with E-state index in [1.165, 1.54) is 23.0 Å². The maximum atomic E-state index is 13.8. The summed E-state index contributed by atoms with van der Waals surface area (Å²) >= 11 is 5.68. The van der Waals surface area contributed by atoms with Crippen molar-refractivity contribution < 1.29 is 9.18 Å². The molecule has 0 atom stereocenters. The number of nitrogens with one attached hydrogen (secondary N) is 1.